The molecule has 0 radical (unpaired) electrons. The van der Waals surface area contributed by atoms with Gasteiger partial charge in [0.25, 0.3) is 0 Å². The third kappa shape index (κ3) is 2.36. The minimum Gasteiger partial charge on any atom is -0.480 e. The fourth-order valence-electron chi connectivity index (χ4n) is 2.04. The highest BCUT2D eigenvalue weighted by molar-refractivity contribution is 5.83. The minimum atomic E-state index is -1.02. The van der Waals surface area contributed by atoms with E-state index in [0.717, 1.165) is 11.0 Å². The molecular weight excluding hydrogens is 242 g/mol. The number of para-hydroxylation sites is 2. The standard InChI is InChI=1S/C14H17N3O2/c1-4-17(14(2,3)13(18)19)12-9-15-10-7-5-6-8-11(10)16-12/h5-9H,4H2,1-3H3,(H,18,19). The molecule has 0 aliphatic rings. The number of carboxylic acid groups (broad SMARTS) is 1. The number of hydrogen-bond donors (Lipinski definition) is 1. The van der Waals surface area contributed by atoms with E-state index in [1.54, 1.807) is 24.9 Å². The van der Waals surface area contributed by atoms with E-state index in [1.165, 1.54) is 0 Å². The Morgan fingerprint density at radius 1 is 1.32 bits per heavy atom. The van der Waals surface area contributed by atoms with Crippen molar-refractivity contribution >= 4 is 22.8 Å². The fraction of sp³-hybridized carbons (Fsp3) is 0.357. The largest absolute Gasteiger partial charge is 0.480 e. The van der Waals surface area contributed by atoms with Crippen molar-refractivity contribution in [2.24, 2.45) is 0 Å². The number of hydrogen-bond acceptors (Lipinski definition) is 4. The molecule has 19 heavy (non-hydrogen) atoms. The molecule has 0 atom stereocenters. The summed E-state index contributed by atoms with van der Waals surface area (Å²) in [6.07, 6.45) is 1.62. The zero-order valence-corrected chi connectivity index (χ0v) is 11.3. The van der Waals surface area contributed by atoms with E-state index >= 15 is 0 Å². The molecule has 0 fully saturated rings. The number of carbonyl (C=O) groups is 1. The van der Waals surface area contributed by atoms with Crippen LogP contribution < -0.4 is 4.90 Å². The lowest BCUT2D eigenvalue weighted by atomic mass is 10.0. The van der Waals surface area contributed by atoms with Gasteiger partial charge in [-0.15, -0.1) is 0 Å². The van der Waals surface area contributed by atoms with Gasteiger partial charge in [-0.1, -0.05) is 12.1 Å². The number of nitrogens with zero attached hydrogens (tertiary/aromatic N) is 3. The number of carboxylic acids is 1. The Hall–Kier alpha value is -2.17. The molecule has 100 valence electrons. The van der Waals surface area contributed by atoms with Gasteiger partial charge in [-0.25, -0.2) is 9.78 Å². The maximum atomic E-state index is 11.4. The van der Waals surface area contributed by atoms with Crippen LogP contribution in [0.4, 0.5) is 5.82 Å². The molecule has 0 unspecified atom stereocenters. The number of fused-ring (bicyclic) bond motifs is 1. The monoisotopic (exact) mass is 259 g/mol. The van der Waals surface area contributed by atoms with Gasteiger partial charge >= 0.3 is 5.97 Å². The van der Waals surface area contributed by atoms with Gasteiger partial charge in [-0.2, -0.15) is 0 Å². The van der Waals surface area contributed by atoms with E-state index in [2.05, 4.69) is 9.97 Å². The second kappa shape index (κ2) is 4.84. The van der Waals surface area contributed by atoms with E-state index in [1.807, 2.05) is 31.2 Å². The summed E-state index contributed by atoms with van der Waals surface area (Å²) in [4.78, 5) is 21.9. The van der Waals surface area contributed by atoms with Crippen molar-refractivity contribution in [2.75, 3.05) is 11.4 Å². The van der Waals surface area contributed by atoms with Crippen LogP contribution in [-0.2, 0) is 4.79 Å². The SMILES string of the molecule is CCN(c1cnc2ccccc2n1)C(C)(C)C(=O)O. The average molecular weight is 259 g/mol. The summed E-state index contributed by atoms with van der Waals surface area (Å²) in [6.45, 7) is 5.78. The predicted molar refractivity (Wildman–Crippen MR) is 74.3 cm³/mol. The van der Waals surface area contributed by atoms with Crippen LogP contribution in [0.5, 0.6) is 0 Å². The highest BCUT2D eigenvalue weighted by Gasteiger charge is 2.34. The Kier molecular flexibility index (Phi) is 3.38. The molecule has 0 amide bonds. The van der Waals surface area contributed by atoms with Gasteiger partial charge in [-0.3, -0.25) is 4.98 Å². The Morgan fingerprint density at radius 3 is 2.53 bits per heavy atom. The van der Waals surface area contributed by atoms with Crippen molar-refractivity contribution in [2.45, 2.75) is 26.3 Å². The van der Waals surface area contributed by atoms with Crippen LogP contribution in [0.2, 0.25) is 0 Å². The zero-order chi connectivity index (χ0) is 14.0. The molecule has 5 nitrogen and oxygen atoms in total. The zero-order valence-electron chi connectivity index (χ0n) is 11.3. The Bertz CT molecular complexity index is 610. The molecule has 0 saturated heterocycles. The minimum absolute atomic E-state index is 0.548. The quantitative estimate of drug-likeness (QED) is 0.912. The van der Waals surface area contributed by atoms with E-state index < -0.39 is 11.5 Å². The van der Waals surface area contributed by atoms with Gasteiger partial charge in [0.1, 0.15) is 11.4 Å². The summed E-state index contributed by atoms with van der Waals surface area (Å²) in [5.74, 6) is -0.307. The van der Waals surface area contributed by atoms with Crippen molar-refractivity contribution in [3.8, 4) is 0 Å². The first-order valence-corrected chi connectivity index (χ1v) is 6.19. The third-order valence-corrected chi connectivity index (χ3v) is 3.23. The summed E-state index contributed by atoms with van der Waals surface area (Å²) >= 11 is 0. The van der Waals surface area contributed by atoms with Crippen molar-refractivity contribution in [3.63, 3.8) is 0 Å². The number of benzene rings is 1. The van der Waals surface area contributed by atoms with Crippen molar-refractivity contribution in [1.29, 1.82) is 0 Å². The highest BCUT2D eigenvalue weighted by Crippen LogP contribution is 2.23. The molecule has 0 spiro atoms. The molecule has 0 aliphatic carbocycles. The summed E-state index contributed by atoms with van der Waals surface area (Å²) in [5.41, 5.74) is 0.543. The smallest absolute Gasteiger partial charge is 0.328 e. The van der Waals surface area contributed by atoms with E-state index in [0.29, 0.717) is 12.4 Å². The first-order chi connectivity index (χ1) is 8.96. The molecule has 1 aromatic carbocycles. The van der Waals surface area contributed by atoms with Gasteiger partial charge in [0.2, 0.25) is 0 Å². The van der Waals surface area contributed by atoms with Crippen LogP contribution in [-0.4, -0.2) is 33.1 Å². The molecule has 5 heteroatoms. The average Bonchev–Trinajstić information content (AvgIpc) is 2.39. The summed E-state index contributed by atoms with van der Waals surface area (Å²) in [7, 11) is 0. The maximum absolute atomic E-state index is 11.4. The highest BCUT2D eigenvalue weighted by atomic mass is 16.4. The third-order valence-electron chi connectivity index (χ3n) is 3.23. The lowest BCUT2D eigenvalue weighted by molar-refractivity contribution is -0.142. The summed E-state index contributed by atoms with van der Waals surface area (Å²) in [6, 6.07) is 7.53. The molecule has 0 bridgehead atoms. The maximum Gasteiger partial charge on any atom is 0.328 e. The van der Waals surface area contributed by atoms with Crippen LogP contribution in [0.15, 0.2) is 30.5 Å². The van der Waals surface area contributed by atoms with Crippen molar-refractivity contribution in [1.82, 2.24) is 9.97 Å². The van der Waals surface area contributed by atoms with Crippen LogP contribution in [0.25, 0.3) is 11.0 Å². The number of likely N-dealkylation sites (N-methyl/N-ethyl adjacent to an activating group) is 1. The molecule has 0 saturated carbocycles. The number of anilines is 1. The second-order valence-corrected chi connectivity index (χ2v) is 4.83. The summed E-state index contributed by atoms with van der Waals surface area (Å²) < 4.78 is 0. The molecule has 2 aromatic rings. The Labute approximate surface area is 111 Å². The normalized spacial score (nSPS) is 11.5. The first-order valence-electron chi connectivity index (χ1n) is 6.19. The molecule has 1 heterocycles. The summed E-state index contributed by atoms with van der Waals surface area (Å²) in [5, 5.41) is 9.33. The molecule has 0 aliphatic heterocycles. The van der Waals surface area contributed by atoms with E-state index in [9.17, 15) is 9.90 Å². The Balaban J connectivity index is 2.49. The second-order valence-electron chi connectivity index (χ2n) is 4.83. The van der Waals surface area contributed by atoms with Gasteiger partial charge in [0.15, 0.2) is 0 Å². The number of aliphatic carboxylic acids is 1. The number of rotatable bonds is 4. The molecule has 1 aromatic heterocycles. The lowest BCUT2D eigenvalue weighted by Crippen LogP contribution is -2.50. The van der Waals surface area contributed by atoms with E-state index in [-0.39, 0.29) is 0 Å². The molecule has 1 N–H and O–H groups in total. The molecular formula is C14H17N3O2. The van der Waals surface area contributed by atoms with Crippen LogP contribution in [0.3, 0.4) is 0 Å². The fourth-order valence-corrected chi connectivity index (χ4v) is 2.04. The van der Waals surface area contributed by atoms with Gasteiger partial charge < -0.3 is 10.0 Å². The van der Waals surface area contributed by atoms with Crippen molar-refractivity contribution < 1.29 is 9.90 Å². The van der Waals surface area contributed by atoms with Crippen LogP contribution in [0.1, 0.15) is 20.8 Å². The van der Waals surface area contributed by atoms with Crippen LogP contribution >= 0.6 is 0 Å². The molecule has 2 rings (SSSR count). The van der Waals surface area contributed by atoms with Gasteiger partial charge in [0, 0.05) is 6.54 Å². The topological polar surface area (TPSA) is 66.3 Å². The van der Waals surface area contributed by atoms with Gasteiger partial charge in [-0.05, 0) is 32.9 Å². The van der Waals surface area contributed by atoms with Gasteiger partial charge in [0.05, 0.1) is 17.2 Å². The predicted octanol–water partition coefficient (Wildman–Crippen LogP) is 2.32. The lowest BCUT2D eigenvalue weighted by Gasteiger charge is -2.35. The van der Waals surface area contributed by atoms with Crippen LogP contribution in [0, 0.1) is 0 Å². The Morgan fingerprint density at radius 2 is 1.95 bits per heavy atom. The van der Waals surface area contributed by atoms with E-state index in [4.69, 9.17) is 0 Å². The van der Waals surface area contributed by atoms with Crippen molar-refractivity contribution in [3.05, 3.63) is 30.5 Å². The first kappa shape index (κ1) is 13.3. The number of aromatic nitrogens is 2.